The maximum Gasteiger partial charge on any atom is 0.223 e. The molecule has 0 saturated carbocycles. The maximum atomic E-state index is 12.7. The van der Waals surface area contributed by atoms with Gasteiger partial charge in [0.25, 0.3) is 0 Å². The Labute approximate surface area is 158 Å². The normalized spacial score (nSPS) is 12.1. The summed E-state index contributed by atoms with van der Waals surface area (Å²) in [6.07, 6.45) is 0.632. The molecule has 0 unspecified atom stereocenters. The number of carbonyl (C=O) groups excluding carboxylic acids is 1. The molecule has 0 aliphatic rings. The van der Waals surface area contributed by atoms with E-state index in [9.17, 15) is 4.79 Å². The maximum absolute atomic E-state index is 12.7. The summed E-state index contributed by atoms with van der Waals surface area (Å²) < 4.78 is 5.75. The lowest BCUT2D eigenvalue weighted by molar-refractivity contribution is -0.131. The minimum Gasteiger partial charge on any atom is -0.491 e. The van der Waals surface area contributed by atoms with Crippen LogP contribution in [0.3, 0.4) is 0 Å². The summed E-state index contributed by atoms with van der Waals surface area (Å²) in [6, 6.07) is 16.6. The van der Waals surface area contributed by atoms with Gasteiger partial charge < -0.3 is 9.64 Å². The van der Waals surface area contributed by atoms with Crippen LogP contribution in [-0.2, 0) is 4.79 Å². The van der Waals surface area contributed by atoms with Crippen LogP contribution in [0.15, 0.2) is 48.5 Å². The Morgan fingerprint density at radius 3 is 1.88 bits per heavy atom. The molecule has 2 aromatic carbocycles. The highest BCUT2D eigenvalue weighted by molar-refractivity contribution is 5.77. The first-order valence-electron chi connectivity index (χ1n) is 9.55. The van der Waals surface area contributed by atoms with Crippen molar-refractivity contribution < 1.29 is 9.53 Å². The number of rotatable bonds is 8. The highest BCUT2D eigenvalue weighted by Crippen LogP contribution is 2.30. The van der Waals surface area contributed by atoms with E-state index in [1.807, 2.05) is 44.7 Å². The lowest BCUT2D eigenvalue weighted by atomic mass is 9.87. The second-order valence-electron chi connectivity index (χ2n) is 6.97. The summed E-state index contributed by atoms with van der Waals surface area (Å²) in [5, 5.41) is 0. The van der Waals surface area contributed by atoms with Gasteiger partial charge in [0.05, 0.1) is 6.10 Å². The van der Waals surface area contributed by atoms with Crippen molar-refractivity contribution in [1.29, 1.82) is 0 Å². The van der Waals surface area contributed by atoms with E-state index in [0.717, 1.165) is 24.4 Å². The summed E-state index contributed by atoms with van der Waals surface area (Å²) in [5.74, 6) is 1.11. The van der Waals surface area contributed by atoms with Crippen molar-refractivity contribution in [3.8, 4) is 5.75 Å². The van der Waals surface area contributed by atoms with Crippen LogP contribution >= 0.6 is 0 Å². The average molecular weight is 354 g/mol. The van der Waals surface area contributed by atoms with Gasteiger partial charge in [-0.3, -0.25) is 4.79 Å². The molecule has 0 fully saturated rings. The number of hydrogen-bond acceptors (Lipinski definition) is 2. The summed E-state index contributed by atoms with van der Waals surface area (Å²) in [6.45, 7) is 11.7. The van der Waals surface area contributed by atoms with Crippen LogP contribution in [0.1, 0.15) is 56.7 Å². The Hall–Kier alpha value is -2.29. The van der Waals surface area contributed by atoms with Gasteiger partial charge in [0.15, 0.2) is 0 Å². The summed E-state index contributed by atoms with van der Waals surface area (Å²) in [7, 11) is 0. The predicted molar refractivity (Wildman–Crippen MR) is 108 cm³/mol. The Balaban J connectivity index is 2.30. The second kappa shape index (κ2) is 9.42. The fourth-order valence-corrected chi connectivity index (χ4v) is 3.16. The van der Waals surface area contributed by atoms with Crippen LogP contribution in [0.2, 0.25) is 0 Å². The summed E-state index contributed by atoms with van der Waals surface area (Å²) >= 11 is 0. The molecule has 0 saturated heterocycles. The van der Waals surface area contributed by atoms with Crippen LogP contribution < -0.4 is 4.74 Å². The molecule has 0 bridgehead atoms. The number of aryl methyl sites for hydroxylation is 1. The quantitative estimate of drug-likeness (QED) is 0.655. The van der Waals surface area contributed by atoms with E-state index in [-0.39, 0.29) is 17.9 Å². The molecule has 0 heterocycles. The average Bonchev–Trinajstić information content (AvgIpc) is 2.62. The standard InChI is InChI=1S/C23H31NO2/c1-6-24(7-2)23(25)16-22(19-10-8-18(5)9-11-19)20-12-14-21(15-13-20)26-17(3)4/h8-15,17,22H,6-7,16H2,1-5H3/t22-/m0/s1. The number of hydrogen-bond donors (Lipinski definition) is 0. The molecule has 1 amide bonds. The van der Waals surface area contributed by atoms with Gasteiger partial charge in [-0.25, -0.2) is 0 Å². The molecular weight excluding hydrogens is 322 g/mol. The largest absolute Gasteiger partial charge is 0.491 e. The van der Waals surface area contributed by atoms with E-state index in [4.69, 9.17) is 4.74 Å². The minimum atomic E-state index is 0.0526. The molecule has 0 radical (unpaired) electrons. The van der Waals surface area contributed by atoms with Gasteiger partial charge in [-0.2, -0.15) is 0 Å². The molecule has 0 N–H and O–H groups in total. The number of carbonyl (C=O) groups is 1. The van der Waals surface area contributed by atoms with Gasteiger partial charge in [0, 0.05) is 25.4 Å². The van der Waals surface area contributed by atoms with Crippen molar-refractivity contribution in [2.75, 3.05) is 13.1 Å². The van der Waals surface area contributed by atoms with E-state index < -0.39 is 0 Å². The van der Waals surface area contributed by atoms with Gasteiger partial charge in [0.1, 0.15) is 5.75 Å². The molecule has 2 aromatic rings. The van der Waals surface area contributed by atoms with Crippen molar-refractivity contribution in [3.63, 3.8) is 0 Å². The zero-order valence-corrected chi connectivity index (χ0v) is 16.7. The third kappa shape index (κ3) is 5.35. The lowest BCUT2D eigenvalue weighted by Crippen LogP contribution is -2.31. The lowest BCUT2D eigenvalue weighted by Gasteiger charge is -2.24. The summed E-state index contributed by atoms with van der Waals surface area (Å²) in [4.78, 5) is 14.6. The molecule has 2 rings (SSSR count). The second-order valence-corrected chi connectivity index (χ2v) is 6.97. The number of ether oxygens (including phenoxy) is 1. The monoisotopic (exact) mass is 353 g/mol. The number of amides is 1. The SMILES string of the molecule is CCN(CC)C(=O)C[C@@H](c1ccc(C)cc1)c1ccc(OC(C)C)cc1. The van der Waals surface area contributed by atoms with Gasteiger partial charge in [-0.15, -0.1) is 0 Å². The van der Waals surface area contributed by atoms with Crippen LogP contribution in [0.25, 0.3) is 0 Å². The van der Waals surface area contributed by atoms with Crippen molar-refractivity contribution in [3.05, 3.63) is 65.2 Å². The van der Waals surface area contributed by atoms with Gasteiger partial charge >= 0.3 is 0 Å². The Morgan fingerprint density at radius 1 is 0.923 bits per heavy atom. The zero-order valence-electron chi connectivity index (χ0n) is 16.7. The number of benzene rings is 2. The number of nitrogens with zero attached hydrogens (tertiary/aromatic N) is 1. The van der Waals surface area contributed by atoms with Crippen molar-refractivity contribution in [2.45, 2.75) is 53.1 Å². The van der Waals surface area contributed by atoms with E-state index >= 15 is 0 Å². The molecule has 3 heteroatoms. The van der Waals surface area contributed by atoms with E-state index in [0.29, 0.717) is 6.42 Å². The molecule has 0 spiro atoms. The molecule has 1 atom stereocenters. The van der Waals surface area contributed by atoms with Gasteiger partial charge in [-0.1, -0.05) is 42.0 Å². The molecule has 140 valence electrons. The minimum absolute atomic E-state index is 0.0526. The molecule has 26 heavy (non-hydrogen) atoms. The highest BCUT2D eigenvalue weighted by Gasteiger charge is 2.21. The highest BCUT2D eigenvalue weighted by atomic mass is 16.5. The smallest absolute Gasteiger partial charge is 0.223 e. The third-order valence-corrected chi connectivity index (χ3v) is 4.63. The van der Waals surface area contributed by atoms with Gasteiger partial charge in [-0.05, 0) is 57.9 Å². The van der Waals surface area contributed by atoms with Crippen LogP contribution in [0, 0.1) is 6.92 Å². The molecule has 0 aliphatic heterocycles. The van der Waals surface area contributed by atoms with E-state index in [1.165, 1.54) is 11.1 Å². The van der Waals surface area contributed by atoms with E-state index in [1.54, 1.807) is 0 Å². The topological polar surface area (TPSA) is 29.5 Å². The van der Waals surface area contributed by atoms with Gasteiger partial charge in [0.2, 0.25) is 5.91 Å². The van der Waals surface area contributed by atoms with Crippen LogP contribution in [0.5, 0.6) is 5.75 Å². The van der Waals surface area contributed by atoms with Crippen LogP contribution in [0.4, 0.5) is 0 Å². The van der Waals surface area contributed by atoms with Crippen molar-refractivity contribution in [2.24, 2.45) is 0 Å². The first kappa shape index (κ1) is 20.0. The van der Waals surface area contributed by atoms with Crippen molar-refractivity contribution in [1.82, 2.24) is 4.90 Å². The first-order valence-corrected chi connectivity index (χ1v) is 9.55. The first-order chi connectivity index (χ1) is 12.4. The fraction of sp³-hybridized carbons (Fsp3) is 0.435. The van der Waals surface area contributed by atoms with Crippen molar-refractivity contribution >= 4 is 5.91 Å². The summed E-state index contributed by atoms with van der Waals surface area (Å²) in [5.41, 5.74) is 3.54. The molecule has 3 nitrogen and oxygen atoms in total. The molecular formula is C23H31NO2. The molecule has 0 aromatic heterocycles. The third-order valence-electron chi connectivity index (χ3n) is 4.63. The molecule has 0 aliphatic carbocycles. The fourth-order valence-electron chi connectivity index (χ4n) is 3.16. The Morgan fingerprint density at radius 2 is 1.42 bits per heavy atom. The van der Waals surface area contributed by atoms with E-state index in [2.05, 4.69) is 43.3 Å². The Bertz CT molecular complexity index is 685. The zero-order chi connectivity index (χ0) is 19.1. The predicted octanol–water partition coefficient (Wildman–Crippen LogP) is 5.17. The van der Waals surface area contributed by atoms with Crippen LogP contribution in [-0.4, -0.2) is 30.0 Å². The Kier molecular flexibility index (Phi) is 7.26.